The number of halogens is 4. The zero-order valence-electron chi connectivity index (χ0n) is 13.8. The molecule has 142 valence electrons. The van der Waals surface area contributed by atoms with Crippen molar-refractivity contribution in [3.63, 3.8) is 0 Å². The highest BCUT2D eigenvalue weighted by molar-refractivity contribution is 6.30. The molecule has 4 N–H and O–H groups in total. The topological polar surface area (TPSA) is 67.5 Å². The Morgan fingerprint density at radius 2 is 1.85 bits per heavy atom. The fraction of sp³-hybridized carbons (Fsp3) is 0.333. The van der Waals surface area contributed by atoms with Crippen LogP contribution in [0, 0.1) is 0 Å². The number of nitrogens with one attached hydrogen (secondary N) is 1. The maximum atomic E-state index is 12.7. The number of benzene rings is 2. The van der Waals surface area contributed by atoms with E-state index in [2.05, 4.69) is 5.32 Å². The third-order valence-electron chi connectivity index (χ3n) is 3.69. The Kier molecular flexibility index (Phi) is 7.28. The third-order valence-corrected chi connectivity index (χ3v) is 3.94. The van der Waals surface area contributed by atoms with Crippen molar-refractivity contribution < 1.29 is 23.0 Å². The zero-order chi connectivity index (χ0) is 19.2. The van der Waals surface area contributed by atoms with Gasteiger partial charge in [0.2, 0.25) is 0 Å². The summed E-state index contributed by atoms with van der Waals surface area (Å²) in [6.45, 7) is 0.404. The van der Waals surface area contributed by atoms with Crippen LogP contribution in [0.4, 0.5) is 13.2 Å². The fourth-order valence-corrected chi connectivity index (χ4v) is 2.33. The summed E-state index contributed by atoms with van der Waals surface area (Å²) in [5.74, 6) is 0.578. The molecule has 2 aromatic carbocycles. The predicted octanol–water partition coefficient (Wildman–Crippen LogP) is 3.22. The highest BCUT2D eigenvalue weighted by Gasteiger charge is 2.30. The quantitative estimate of drug-likeness (QED) is 0.649. The van der Waals surface area contributed by atoms with Gasteiger partial charge in [-0.1, -0.05) is 29.8 Å². The average Bonchev–Trinajstić information content (AvgIpc) is 2.60. The van der Waals surface area contributed by atoms with Crippen LogP contribution in [0.25, 0.3) is 0 Å². The van der Waals surface area contributed by atoms with Crippen LogP contribution in [0.3, 0.4) is 0 Å². The van der Waals surface area contributed by atoms with E-state index < -0.39 is 23.9 Å². The van der Waals surface area contributed by atoms with Gasteiger partial charge in [0.15, 0.2) is 0 Å². The molecule has 8 heteroatoms. The molecule has 2 rings (SSSR count). The van der Waals surface area contributed by atoms with Crippen LogP contribution in [0.2, 0.25) is 5.02 Å². The Morgan fingerprint density at radius 3 is 2.50 bits per heavy atom. The monoisotopic (exact) mass is 388 g/mol. The summed E-state index contributed by atoms with van der Waals surface area (Å²) in [6, 6.07) is 11.1. The molecule has 26 heavy (non-hydrogen) atoms. The highest BCUT2D eigenvalue weighted by atomic mass is 35.5. The number of aliphatic hydroxyl groups is 1. The van der Waals surface area contributed by atoms with Crippen molar-refractivity contribution in [2.45, 2.75) is 24.9 Å². The zero-order valence-corrected chi connectivity index (χ0v) is 14.6. The second-order valence-electron chi connectivity index (χ2n) is 5.83. The Morgan fingerprint density at radius 1 is 1.15 bits per heavy atom. The second kappa shape index (κ2) is 9.23. The van der Waals surface area contributed by atoms with E-state index >= 15 is 0 Å². The molecule has 2 atom stereocenters. The van der Waals surface area contributed by atoms with Gasteiger partial charge in [-0.05, 0) is 35.9 Å². The summed E-state index contributed by atoms with van der Waals surface area (Å²) in [5.41, 5.74) is 5.63. The minimum Gasteiger partial charge on any atom is -0.492 e. The molecular weight excluding hydrogens is 369 g/mol. The largest absolute Gasteiger partial charge is 0.492 e. The Bertz CT molecular complexity index is 696. The molecule has 4 nitrogen and oxygen atoms in total. The van der Waals surface area contributed by atoms with Gasteiger partial charge < -0.3 is 20.9 Å². The fourth-order valence-electron chi connectivity index (χ4n) is 2.21. The van der Waals surface area contributed by atoms with E-state index in [4.69, 9.17) is 22.1 Å². The molecule has 0 aromatic heterocycles. The Balaban J connectivity index is 1.75. The van der Waals surface area contributed by atoms with Gasteiger partial charge in [-0.25, -0.2) is 0 Å². The molecule has 0 aliphatic rings. The SMILES string of the molecule is NC(COc1ccc(Cl)cc1)C(O)CNCc1cccc(C(F)(F)F)c1. The van der Waals surface area contributed by atoms with E-state index in [0.29, 0.717) is 16.3 Å². The van der Waals surface area contributed by atoms with E-state index in [0.717, 1.165) is 12.1 Å². The molecule has 0 heterocycles. The average molecular weight is 389 g/mol. The first kappa shape index (κ1) is 20.5. The number of rotatable bonds is 8. The van der Waals surface area contributed by atoms with Crippen LogP contribution in [0.1, 0.15) is 11.1 Å². The summed E-state index contributed by atoms with van der Waals surface area (Å²) in [7, 11) is 0. The smallest absolute Gasteiger partial charge is 0.416 e. The van der Waals surface area contributed by atoms with Crippen molar-refractivity contribution in [1.82, 2.24) is 5.32 Å². The van der Waals surface area contributed by atoms with E-state index in [1.165, 1.54) is 6.07 Å². The van der Waals surface area contributed by atoms with Crippen molar-refractivity contribution >= 4 is 11.6 Å². The molecule has 0 bridgehead atoms. The maximum Gasteiger partial charge on any atom is 0.416 e. The highest BCUT2D eigenvalue weighted by Crippen LogP contribution is 2.29. The predicted molar refractivity (Wildman–Crippen MR) is 94.1 cm³/mol. The first-order valence-corrected chi connectivity index (χ1v) is 8.32. The van der Waals surface area contributed by atoms with Gasteiger partial charge in [-0.15, -0.1) is 0 Å². The van der Waals surface area contributed by atoms with Crippen molar-refractivity contribution in [3.05, 3.63) is 64.7 Å². The van der Waals surface area contributed by atoms with Crippen molar-refractivity contribution in [1.29, 1.82) is 0 Å². The van der Waals surface area contributed by atoms with Gasteiger partial charge >= 0.3 is 6.18 Å². The van der Waals surface area contributed by atoms with Gasteiger partial charge in [0.1, 0.15) is 12.4 Å². The van der Waals surface area contributed by atoms with E-state index in [-0.39, 0.29) is 19.7 Å². The van der Waals surface area contributed by atoms with Crippen LogP contribution in [0.15, 0.2) is 48.5 Å². The standard InChI is InChI=1S/C18H20ClF3N2O2/c19-14-4-6-15(7-5-14)26-11-16(23)17(25)10-24-9-12-2-1-3-13(8-12)18(20,21)22/h1-8,16-17,24-25H,9-11,23H2. The van der Waals surface area contributed by atoms with Gasteiger partial charge in [0.05, 0.1) is 17.7 Å². The van der Waals surface area contributed by atoms with Crippen molar-refractivity contribution in [2.75, 3.05) is 13.2 Å². The normalized spacial score (nSPS) is 14.1. The number of hydrogen-bond acceptors (Lipinski definition) is 4. The van der Waals surface area contributed by atoms with Crippen molar-refractivity contribution in [2.24, 2.45) is 5.73 Å². The van der Waals surface area contributed by atoms with Gasteiger partial charge in [-0.3, -0.25) is 0 Å². The van der Waals surface area contributed by atoms with Gasteiger partial charge in [-0.2, -0.15) is 13.2 Å². The van der Waals surface area contributed by atoms with E-state index in [1.54, 1.807) is 30.3 Å². The van der Waals surface area contributed by atoms with Crippen LogP contribution in [0.5, 0.6) is 5.75 Å². The molecule has 0 amide bonds. The second-order valence-corrected chi connectivity index (χ2v) is 6.26. The van der Waals surface area contributed by atoms with Crippen LogP contribution >= 0.6 is 11.6 Å². The number of hydrogen-bond donors (Lipinski definition) is 3. The van der Waals surface area contributed by atoms with Gasteiger partial charge in [0.25, 0.3) is 0 Å². The lowest BCUT2D eigenvalue weighted by atomic mass is 10.1. The lowest BCUT2D eigenvalue weighted by Gasteiger charge is -2.20. The molecule has 0 saturated carbocycles. The number of alkyl halides is 3. The molecule has 0 aliphatic carbocycles. The molecule has 0 aliphatic heterocycles. The van der Waals surface area contributed by atoms with Crippen LogP contribution < -0.4 is 15.8 Å². The van der Waals surface area contributed by atoms with Crippen LogP contribution in [-0.4, -0.2) is 30.4 Å². The van der Waals surface area contributed by atoms with Crippen molar-refractivity contribution in [3.8, 4) is 5.75 Å². The Labute approximate surface area is 154 Å². The molecular formula is C18H20ClF3N2O2. The van der Waals surface area contributed by atoms with E-state index in [1.807, 2.05) is 0 Å². The molecule has 2 aromatic rings. The number of nitrogens with two attached hydrogens (primary N) is 1. The summed E-state index contributed by atoms with van der Waals surface area (Å²) in [5, 5.41) is 13.5. The molecule has 0 fully saturated rings. The van der Waals surface area contributed by atoms with E-state index in [9.17, 15) is 18.3 Å². The lowest BCUT2D eigenvalue weighted by molar-refractivity contribution is -0.137. The molecule has 0 saturated heterocycles. The minimum absolute atomic E-state index is 0.0913. The number of ether oxygens (including phenoxy) is 1. The molecule has 0 spiro atoms. The summed E-state index contributed by atoms with van der Waals surface area (Å²) in [6.07, 6.45) is -5.29. The van der Waals surface area contributed by atoms with Gasteiger partial charge in [0, 0.05) is 18.1 Å². The summed E-state index contributed by atoms with van der Waals surface area (Å²) >= 11 is 5.78. The summed E-state index contributed by atoms with van der Waals surface area (Å²) in [4.78, 5) is 0. The maximum absolute atomic E-state index is 12.7. The first-order valence-electron chi connectivity index (χ1n) is 7.94. The lowest BCUT2D eigenvalue weighted by Crippen LogP contribution is -2.45. The molecule has 2 unspecified atom stereocenters. The minimum atomic E-state index is -4.38. The molecule has 0 radical (unpaired) electrons. The Hall–Kier alpha value is -1.80. The van der Waals surface area contributed by atoms with Crippen LogP contribution in [-0.2, 0) is 12.7 Å². The third kappa shape index (κ3) is 6.49. The summed E-state index contributed by atoms with van der Waals surface area (Å²) < 4.78 is 43.5. The first-order chi connectivity index (χ1) is 12.3. The number of aliphatic hydroxyl groups excluding tert-OH is 1.